The molecule has 2 aromatic carbocycles. The lowest BCUT2D eigenvalue weighted by atomic mass is 9.83. The minimum absolute atomic E-state index is 0.0207. The molecule has 0 aliphatic heterocycles. The number of unbranched alkanes of at least 4 members (excludes halogenated alkanes) is 1. The van der Waals surface area contributed by atoms with E-state index < -0.39 is 23.6 Å². The van der Waals surface area contributed by atoms with Gasteiger partial charge in [-0.3, -0.25) is 4.79 Å². The van der Waals surface area contributed by atoms with Crippen LogP contribution in [-0.4, -0.2) is 45.8 Å². The molecule has 246 valence electrons. The van der Waals surface area contributed by atoms with Gasteiger partial charge < -0.3 is 24.5 Å². The molecule has 0 bridgehead atoms. The molecule has 2 saturated carbocycles. The van der Waals surface area contributed by atoms with Gasteiger partial charge in [-0.25, -0.2) is 18.6 Å². The first-order valence-corrected chi connectivity index (χ1v) is 16.5. The molecule has 1 atom stereocenters. The summed E-state index contributed by atoms with van der Waals surface area (Å²) in [6, 6.07) is 8.74. The number of carboxylic acid groups (broad SMARTS) is 1. The Morgan fingerprint density at radius 3 is 2.38 bits per heavy atom. The van der Waals surface area contributed by atoms with Gasteiger partial charge in [-0.15, -0.1) is 0 Å². The minimum atomic E-state index is -1.02. The van der Waals surface area contributed by atoms with Gasteiger partial charge >= 0.3 is 5.97 Å². The van der Waals surface area contributed by atoms with Crippen molar-refractivity contribution in [2.75, 3.05) is 13.2 Å². The van der Waals surface area contributed by atoms with Crippen LogP contribution in [0.3, 0.4) is 0 Å². The summed E-state index contributed by atoms with van der Waals surface area (Å²) >= 11 is 5.69. The number of benzene rings is 2. The smallest absolute Gasteiger partial charge is 0.341 e. The maximum atomic E-state index is 14.3. The van der Waals surface area contributed by atoms with E-state index in [0.717, 1.165) is 70.3 Å². The summed E-state index contributed by atoms with van der Waals surface area (Å²) in [7, 11) is 0. The van der Waals surface area contributed by atoms with Gasteiger partial charge in [0.25, 0.3) is 0 Å². The first-order chi connectivity index (χ1) is 21.8. The van der Waals surface area contributed by atoms with Crippen LogP contribution in [0.1, 0.15) is 95.8 Å². The van der Waals surface area contributed by atoms with Crippen LogP contribution in [0.2, 0.25) is 5.02 Å². The summed E-state index contributed by atoms with van der Waals surface area (Å²) in [5.41, 5.74) is 0.839. The van der Waals surface area contributed by atoms with Gasteiger partial charge in [0.2, 0.25) is 5.91 Å². The predicted octanol–water partition coefficient (Wildman–Crippen LogP) is 8.00. The maximum Gasteiger partial charge on any atom is 0.341 e. The topological polar surface area (TPSA) is 103 Å². The van der Waals surface area contributed by atoms with Gasteiger partial charge in [-0.05, 0) is 50.2 Å². The number of imidazole rings is 1. The first-order valence-electron chi connectivity index (χ1n) is 16.1. The third-order valence-corrected chi connectivity index (χ3v) is 8.77. The van der Waals surface area contributed by atoms with Crippen LogP contribution in [0.5, 0.6) is 5.75 Å². The molecule has 11 heteroatoms. The second-order valence-corrected chi connectivity index (χ2v) is 12.3. The molecule has 0 spiro atoms. The largest absolute Gasteiger partial charge is 0.480 e. The number of carbonyl (C=O) groups excluding carboxylic acids is 1. The number of carboxylic acids is 1. The summed E-state index contributed by atoms with van der Waals surface area (Å²) in [6.45, 7) is 2.53. The van der Waals surface area contributed by atoms with E-state index in [1.54, 1.807) is 24.3 Å². The van der Waals surface area contributed by atoms with Gasteiger partial charge in [-0.2, -0.15) is 0 Å². The number of nitrogens with zero attached hydrogens (tertiary/aromatic N) is 2. The number of fused-ring (bicyclic) bond motifs is 1. The molecule has 5 rings (SSSR count). The Morgan fingerprint density at radius 1 is 1.04 bits per heavy atom. The molecular formula is C34H44ClF2N3O5. The van der Waals surface area contributed by atoms with Crippen LogP contribution in [0.25, 0.3) is 11.0 Å². The monoisotopic (exact) mass is 647 g/mol. The lowest BCUT2D eigenvalue weighted by molar-refractivity contribution is -0.139. The Morgan fingerprint density at radius 2 is 1.71 bits per heavy atom. The third-order valence-electron chi connectivity index (χ3n) is 8.46. The number of para-hydroxylation sites is 1. The molecule has 2 aliphatic carbocycles. The number of ether oxygens (including phenoxy) is 2. The molecule has 1 aromatic heterocycles. The van der Waals surface area contributed by atoms with Crippen molar-refractivity contribution in [3.63, 3.8) is 0 Å². The molecule has 1 unspecified atom stereocenters. The van der Waals surface area contributed by atoms with Crippen LogP contribution < -0.4 is 10.1 Å². The Bertz CT molecular complexity index is 1410. The van der Waals surface area contributed by atoms with Crippen LogP contribution in [0.4, 0.5) is 8.78 Å². The van der Waals surface area contributed by atoms with E-state index >= 15 is 0 Å². The van der Waals surface area contributed by atoms with Crippen molar-refractivity contribution in [2.24, 2.45) is 5.92 Å². The fourth-order valence-corrected chi connectivity index (χ4v) is 6.38. The lowest BCUT2D eigenvalue weighted by Gasteiger charge is -2.33. The van der Waals surface area contributed by atoms with E-state index in [1.807, 2.05) is 4.57 Å². The number of hydrogen-bond acceptors (Lipinski definition) is 5. The van der Waals surface area contributed by atoms with Crippen molar-refractivity contribution < 1.29 is 33.0 Å². The number of nitrogens with one attached hydrogen (secondary N) is 1. The van der Waals surface area contributed by atoms with E-state index in [0.29, 0.717) is 34.2 Å². The molecule has 2 aliphatic rings. The minimum Gasteiger partial charge on any atom is -0.480 e. The zero-order valence-electron chi connectivity index (χ0n) is 25.9. The molecule has 0 saturated heterocycles. The van der Waals surface area contributed by atoms with Crippen LogP contribution in [-0.2, 0) is 20.9 Å². The van der Waals surface area contributed by atoms with Crippen molar-refractivity contribution in [2.45, 2.75) is 103 Å². The van der Waals surface area contributed by atoms with Gasteiger partial charge in [-0.1, -0.05) is 75.6 Å². The van der Waals surface area contributed by atoms with Crippen LogP contribution >= 0.6 is 11.6 Å². The Labute approximate surface area is 268 Å². The zero-order valence-corrected chi connectivity index (χ0v) is 26.7. The molecule has 1 heterocycles. The lowest BCUT2D eigenvalue weighted by Crippen LogP contribution is -2.43. The predicted molar refractivity (Wildman–Crippen MR) is 169 cm³/mol. The summed E-state index contributed by atoms with van der Waals surface area (Å²) < 4.78 is 40.9. The first kappa shape index (κ1) is 34.6. The number of hydrogen-bond donors (Lipinski definition) is 2. The van der Waals surface area contributed by atoms with Crippen molar-refractivity contribution in [3.05, 3.63) is 58.9 Å². The zero-order chi connectivity index (χ0) is 32.2. The average molecular weight is 648 g/mol. The summed E-state index contributed by atoms with van der Waals surface area (Å²) in [6.07, 6.45) is 12.7. The highest BCUT2D eigenvalue weighted by molar-refractivity contribution is 6.32. The van der Waals surface area contributed by atoms with E-state index in [4.69, 9.17) is 26.2 Å². The van der Waals surface area contributed by atoms with Crippen molar-refractivity contribution in [1.82, 2.24) is 14.9 Å². The van der Waals surface area contributed by atoms with E-state index in [1.165, 1.54) is 18.9 Å². The number of aliphatic carboxylic acids is 1. The third kappa shape index (κ3) is 9.87. The Kier molecular flexibility index (Phi) is 13.4. The molecule has 2 N–H and O–H groups in total. The molecule has 45 heavy (non-hydrogen) atoms. The van der Waals surface area contributed by atoms with Crippen molar-refractivity contribution in [1.29, 1.82) is 0 Å². The molecular weight excluding hydrogens is 604 g/mol. The van der Waals surface area contributed by atoms with Gasteiger partial charge in [0, 0.05) is 24.8 Å². The standard InChI is InChI=1S/C26H37F2N3O2.C8H7ClO3/c1-2-3-14-33-17-24-30-22-15-20(27)21(28)16-23(22)31(24)25(18-10-6-4-7-11-18)26(32)29-19-12-8-5-9-13-19;9-6-3-1-2-4-7(6)12-5-8(10)11/h15-16,18-19,25H,2-14,17H2,1H3,(H,29,32);1-4H,5H2,(H,10,11). The SMILES string of the molecule is CCCCOCc1nc2cc(F)c(F)cc2n1C(C(=O)NC1CCCCC1)C1CCCCC1.O=C(O)COc1ccccc1Cl. The second kappa shape index (κ2) is 17.5. The normalized spacial score (nSPS) is 16.5. The molecule has 1 amide bonds. The Hall–Kier alpha value is -3.24. The van der Waals surface area contributed by atoms with Crippen molar-refractivity contribution >= 4 is 34.5 Å². The maximum absolute atomic E-state index is 14.3. The highest BCUT2D eigenvalue weighted by Crippen LogP contribution is 2.37. The van der Waals surface area contributed by atoms with Gasteiger partial charge in [0.1, 0.15) is 24.2 Å². The van der Waals surface area contributed by atoms with E-state index in [-0.39, 0.29) is 31.1 Å². The van der Waals surface area contributed by atoms with Crippen molar-refractivity contribution in [3.8, 4) is 5.75 Å². The van der Waals surface area contributed by atoms with E-state index in [2.05, 4.69) is 17.2 Å². The number of carbonyl (C=O) groups is 2. The number of rotatable bonds is 12. The number of amides is 1. The molecule has 2 fully saturated rings. The fourth-order valence-electron chi connectivity index (χ4n) is 6.19. The summed E-state index contributed by atoms with van der Waals surface area (Å²) in [5.74, 6) is -1.78. The molecule has 3 aromatic rings. The second-order valence-electron chi connectivity index (χ2n) is 11.9. The molecule has 8 nitrogen and oxygen atoms in total. The average Bonchev–Trinajstić information content (AvgIpc) is 3.36. The highest BCUT2D eigenvalue weighted by Gasteiger charge is 2.35. The van der Waals surface area contributed by atoms with Gasteiger partial charge in [0.15, 0.2) is 18.2 Å². The Balaban J connectivity index is 0.000000323. The van der Waals surface area contributed by atoms with E-state index in [9.17, 15) is 18.4 Å². The number of halogens is 3. The highest BCUT2D eigenvalue weighted by atomic mass is 35.5. The quantitative estimate of drug-likeness (QED) is 0.193. The molecule has 0 radical (unpaired) electrons. The number of aromatic nitrogens is 2. The summed E-state index contributed by atoms with van der Waals surface area (Å²) in [4.78, 5) is 28.5. The summed E-state index contributed by atoms with van der Waals surface area (Å²) in [5, 5.41) is 12.0. The van der Waals surface area contributed by atoms with Crippen LogP contribution in [0.15, 0.2) is 36.4 Å². The van der Waals surface area contributed by atoms with Gasteiger partial charge in [0.05, 0.1) is 16.1 Å². The fraction of sp³-hybridized carbons (Fsp3) is 0.559. The van der Waals surface area contributed by atoms with Crippen LogP contribution in [0, 0.1) is 17.6 Å².